The van der Waals surface area contributed by atoms with Crippen LogP contribution >= 0.6 is 11.3 Å². The summed E-state index contributed by atoms with van der Waals surface area (Å²) in [6.45, 7) is 1.96. The molecule has 0 aliphatic heterocycles. The predicted octanol–water partition coefficient (Wildman–Crippen LogP) is 2.14. The SMILES string of the molecule is CC1CCCc2c(sc3nc[nH]c(=O)c23)C1=O. The molecule has 0 bridgehead atoms. The van der Waals surface area contributed by atoms with Crippen molar-refractivity contribution in [3.05, 3.63) is 27.1 Å². The first-order valence-electron chi connectivity index (χ1n) is 5.71. The molecule has 1 unspecified atom stereocenters. The molecule has 0 aromatic carbocycles. The van der Waals surface area contributed by atoms with Gasteiger partial charge in [0.15, 0.2) is 5.78 Å². The molecule has 0 fully saturated rings. The smallest absolute Gasteiger partial charge is 0.259 e. The highest BCUT2D eigenvalue weighted by Crippen LogP contribution is 2.34. The number of thiophene rings is 1. The van der Waals surface area contributed by atoms with Crippen LogP contribution < -0.4 is 5.56 Å². The summed E-state index contributed by atoms with van der Waals surface area (Å²) >= 11 is 1.36. The summed E-state index contributed by atoms with van der Waals surface area (Å²) in [4.78, 5) is 32.2. The van der Waals surface area contributed by atoms with Crippen molar-refractivity contribution in [2.45, 2.75) is 26.2 Å². The fraction of sp³-hybridized carbons (Fsp3) is 0.417. The quantitative estimate of drug-likeness (QED) is 0.726. The largest absolute Gasteiger partial charge is 0.313 e. The fourth-order valence-corrected chi connectivity index (χ4v) is 3.62. The molecule has 0 saturated heterocycles. The summed E-state index contributed by atoms with van der Waals surface area (Å²) in [6, 6.07) is 0. The van der Waals surface area contributed by atoms with E-state index in [1.54, 1.807) is 0 Å². The molecule has 0 saturated carbocycles. The Balaban J connectivity index is 2.36. The summed E-state index contributed by atoms with van der Waals surface area (Å²) < 4.78 is 0. The molecular formula is C12H12N2O2S. The number of fused-ring (bicyclic) bond motifs is 3. The van der Waals surface area contributed by atoms with Crippen molar-refractivity contribution in [1.29, 1.82) is 0 Å². The minimum absolute atomic E-state index is 0.0587. The third-order valence-corrected chi connectivity index (χ3v) is 4.48. The molecule has 2 heterocycles. The van der Waals surface area contributed by atoms with Crippen LogP contribution in [0.2, 0.25) is 0 Å². The maximum atomic E-state index is 12.2. The summed E-state index contributed by atoms with van der Waals surface area (Å²) in [5.41, 5.74) is 0.781. The van der Waals surface area contributed by atoms with E-state index in [4.69, 9.17) is 0 Å². The molecule has 1 N–H and O–H groups in total. The van der Waals surface area contributed by atoms with Crippen molar-refractivity contribution in [2.75, 3.05) is 0 Å². The van der Waals surface area contributed by atoms with Crippen LogP contribution in [-0.2, 0) is 6.42 Å². The lowest BCUT2D eigenvalue weighted by atomic mass is 10.0. The number of hydrogen-bond acceptors (Lipinski definition) is 4. The van der Waals surface area contributed by atoms with Crippen molar-refractivity contribution >= 4 is 27.3 Å². The van der Waals surface area contributed by atoms with Gasteiger partial charge in [0, 0.05) is 5.92 Å². The Morgan fingerprint density at radius 1 is 1.47 bits per heavy atom. The minimum atomic E-state index is -0.130. The lowest BCUT2D eigenvalue weighted by Crippen LogP contribution is -2.09. The highest BCUT2D eigenvalue weighted by atomic mass is 32.1. The van der Waals surface area contributed by atoms with Gasteiger partial charge in [-0.25, -0.2) is 4.98 Å². The Kier molecular flexibility index (Phi) is 2.36. The van der Waals surface area contributed by atoms with Gasteiger partial charge in [0.25, 0.3) is 5.56 Å². The average Bonchev–Trinajstić information content (AvgIpc) is 2.62. The number of nitrogens with zero attached hydrogens (tertiary/aromatic N) is 1. The first kappa shape index (κ1) is 10.7. The van der Waals surface area contributed by atoms with Crippen molar-refractivity contribution in [1.82, 2.24) is 9.97 Å². The van der Waals surface area contributed by atoms with E-state index in [-0.39, 0.29) is 17.3 Å². The highest BCUT2D eigenvalue weighted by Gasteiger charge is 2.27. The van der Waals surface area contributed by atoms with Gasteiger partial charge in [-0.3, -0.25) is 9.59 Å². The number of nitrogens with one attached hydrogen (secondary N) is 1. The number of aromatic amines is 1. The molecular weight excluding hydrogens is 236 g/mol. The third kappa shape index (κ3) is 1.53. The first-order valence-corrected chi connectivity index (χ1v) is 6.53. The van der Waals surface area contributed by atoms with E-state index >= 15 is 0 Å². The fourth-order valence-electron chi connectivity index (χ4n) is 2.38. The van der Waals surface area contributed by atoms with E-state index in [1.807, 2.05) is 6.92 Å². The standard InChI is InChI=1S/C12H12N2O2S/c1-6-3-2-4-7-8-11(16)13-5-14-12(8)17-10(7)9(6)15/h5-6H,2-4H2,1H3,(H,13,14,16). The minimum Gasteiger partial charge on any atom is -0.313 e. The van der Waals surface area contributed by atoms with Crippen molar-refractivity contribution < 1.29 is 4.79 Å². The van der Waals surface area contributed by atoms with Crippen molar-refractivity contribution in [3.63, 3.8) is 0 Å². The molecule has 5 heteroatoms. The van der Waals surface area contributed by atoms with Crippen LogP contribution in [0.1, 0.15) is 35.0 Å². The molecule has 88 valence electrons. The zero-order chi connectivity index (χ0) is 12.0. The second-order valence-corrected chi connectivity index (χ2v) is 5.48. The van der Waals surface area contributed by atoms with Gasteiger partial charge < -0.3 is 4.98 Å². The van der Waals surface area contributed by atoms with Crippen LogP contribution in [0.3, 0.4) is 0 Å². The zero-order valence-electron chi connectivity index (χ0n) is 9.45. The van der Waals surface area contributed by atoms with Crippen LogP contribution in [0.5, 0.6) is 0 Å². The van der Waals surface area contributed by atoms with E-state index in [0.717, 1.165) is 29.7 Å². The van der Waals surface area contributed by atoms with Crippen molar-refractivity contribution in [2.24, 2.45) is 5.92 Å². The second-order valence-electron chi connectivity index (χ2n) is 4.48. The van der Waals surface area contributed by atoms with Crippen LogP contribution in [-0.4, -0.2) is 15.8 Å². The molecule has 4 nitrogen and oxygen atoms in total. The number of carbonyl (C=O) groups is 1. The number of aromatic nitrogens is 2. The Labute approximate surface area is 102 Å². The van der Waals surface area contributed by atoms with Gasteiger partial charge in [-0.15, -0.1) is 11.3 Å². The van der Waals surface area contributed by atoms with E-state index in [0.29, 0.717) is 10.2 Å². The van der Waals surface area contributed by atoms with Gasteiger partial charge >= 0.3 is 0 Å². The molecule has 17 heavy (non-hydrogen) atoms. The Bertz CT molecular complexity index is 656. The Hall–Kier alpha value is -1.49. The van der Waals surface area contributed by atoms with Crippen LogP contribution in [0.4, 0.5) is 0 Å². The summed E-state index contributed by atoms with van der Waals surface area (Å²) in [5, 5.41) is 0.620. The Morgan fingerprint density at radius 2 is 2.29 bits per heavy atom. The van der Waals surface area contributed by atoms with E-state index in [1.165, 1.54) is 17.7 Å². The summed E-state index contributed by atoms with van der Waals surface area (Å²) in [6.07, 6.45) is 4.06. The molecule has 0 spiro atoms. The van der Waals surface area contributed by atoms with Gasteiger partial charge in [-0.1, -0.05) is 6.92 Å². The average molecular weight is 248 g/mol. The summed E-state index contributed by atoms with van der Waals surface area (Å²) in [7, 11) is 0. The van der Waals surface area contributed by atoms with Crippen LogP contribution in [0.15, 0.2) is 11.1 Å². The van der Waals surface area contributed by atoms with Crippen LogP contribution in [0.25, 0.3) is 10.2 Å². The lowest BCUT2D eigenvalue weighted by Gasteiger charge is -2.03. The van der Waals surface area contributed by atoms with Gasteiger partial charge in [0.05, 0.1) is 16.6 Å². The maximum Gasteiger partial charge on any atom is 0.259 e. The number of aryl methyl sites for hydroxylation is 1. The number of hydrogen-bond donors (Lipinski definition) is 1. The lowest BCUT2D eigenvalue weighted by molar-refractivity contribution is 0.0931. The number of Topliss-reactive ketones (excluding diaryl/α,β-unsaturated/α-hetero) is 1. The summed E-state index contributed by atoms with van der Waals surface area (Å²) in [5.74, 6) is 0.225. The maximum absolute atomic E-state index is 12.2. The topological polar surface area (TPSA) is 62.8 Å². The Morgan fingerprint density at radius 3 is 3.12 bits per heavy atom. The zero-order valence-corrected chi connectivity index (χ0v) is 10.3. The number of carbonyl (C=O) groups excluding carboxylic acids is 1. The molecule has 1 aliphatic rings. The highest BCUT2D eigenvalue weighted by molar-refractivity contribution is 7.20. The molecule has 2 aromatic rings. The van der Waals surface area contributed by atoms with Gasteiger partial charge in [0.2, 0.25) is 0 Å². The molecule has 1 aliphatic carbocycles. The predicted molar refractivity (Wildman–Crippen MR) is 66.7 cm³/mol. The molecule has 0 radical (unpaired) electrons. The molecule has 3 rings (SSSR count). The first-order chi connectivity index (χ1) is 8.18. The van der Waals surface area contributed by atoms with E-state index < -0.39 is 0 Å². The third-order valence-electron chi connectivity index (χ3n) is 3.33. The van der Waals surface area contributed by atoms with Gasteiger partial charge in [0.1, 0.15) is 4.83 Å². The number of rotatable bonds is 0. The monoisotopic (exact) mass is 248 g/mol. The van der Waals surface area contributed by atoms with Crippen molar-refractivity contribution in [3.8, 4) is 0 Å². The van der Waals surface area contributed by atoms with Gasteiger partial charge in [-0.2, -0.15) is 0 Å². The number of ketones is 1. The molecule has 1 atom stereocenters. The van der Waals surface area contributed by atoms with E-state index in [9.17, 15) is 9.59 Å². The second kappa shape index (κ2) is 3.77. The van der Waals surface area contributed by atoms with Gasteiger partial charge in [-0.05, 0) is 24.8 Å². The normalized spacial score (nSPS) is 20.3. The molecule has 0 amide bonds. The van der Waals surface area contributed by atoms with E-state index in [2.05, 4.69) is 9.97 Å². The van der Waals surface area contributed by atoms with Crippen LogP contribution in [0, 0.1) is 5.92 Å². The number of H-pyrrole nitrogens is 1. The molecule has 2 aromatic heterocycles.